The molecule has 1 N–H and O–H groups in total. The highest BCUT2D eigenvalue weighted by Crippen LogP contribution is 2.35. The van der Waals surface area contributed by atoms with Crippen LogP contribution in [0.1, 0.15) is 49.1 Å². The summed E-state index contributed by atoms with van der Waals surface area (Å²) >= 11 is 8.91. The number of thioether (sulfide) groups is 1. The largest absolute Gasteiger partial charge is 0.322 e. The van der Waals surface area contributed by atoms with Crippen molar-refractivity contribution in [2.24, 2.45) is 0 Å². The van der Waals surface area contributed by atoms with Gasteiger partial charge in [-0.3, -0.25) is 14.2 Å². The lowest BCUT2D eigenvalue weighted by Crippen LogP contribution is -2.29. The van der Waals surface area contributed by atoms with E-state index in [9.17, 15) is 9.59 Å². The highest BCUT2D eigenvalue weighted by molar-refractivity contribution is 8.00. The van der Waals surface area contributed by atoms with Crippen LogP contribution >= 0.6 is 34.7 Å². The first-order chi connectivity index (χ1) is 14.4. The Hall–Kier alpha value is -1.90. The number of hydrogen-bond donors (Lipinski definition) is 1. The fourth-order valence-corrected chi connectivity index (χ4v) is 6.00. The van der Waals surface area contributed by atoms with Crippen LogP contribution in [-0.2, 0) is 4.79 Å². The Kier molecular flexibility index (Phi) is 6.18. The maximum absolute atomic E-state index is 13.4. The molecule has 3 aromatic heterocycles. The number of fused-ring (bicyclic) bond motifs is 1. The van der Waals surface area contributed by atoms with E-state index in [1.807, 2.05) is 25.3 Å². The highest BCUT2D eigenvalue weighted by Gasteiger charge is 2.27. The summed E-state index contributed by atoms with van der Waals surface area (Å²) in [7, 11) is 0. The quantitative estimate of drug-likeness (QED) is 0.314. The van der Waals surface area contributed by atoms with Crippen LogP contribution in [-0.4, -0.2) is 25.7 Å². The van der Waals surface area contributed by atoms with Gasteiger partial charge in [-0.2, -0.15) is 0 Å². The molecule has 0 saturated heterocycles. The number of rotatable bonds is 5. The second-order valence-electron chi connectivity index (χ2n) is 7.56. The second kappa shape index (κ2) is 8.69. The van der Waals surface area contributed by atoms with Gasteiger partial charge in [0.1, 0.15) is 4.83 Å². The number of carbonyl (C=O) groups is 1. The summed E-state index contributed by atoms with van der Waals surface area (Å²) in [4.78, 5) is 36.9. The molecule has 1 aliphatic rings. The van der Waals surface area contributed by atoms with Gasteiger partial charge in [0.15, 0.2) is 10.3 Å². The monoisotopic (exact) mass is 462 g/mol. The van der Waals surface area contributed by atoms with Crippen molar-refractivity contribution in [2.45, 2.75) is 62.9 Å². The minimum absolute atomic E-state index is 0.0131. The first-order valence-corrected chi connectivity index (χ1v) is 12.0. The van der Waals surface area contributed by atoms with E-state index in [-0.39, 0.29) is 22.7 Å². The molecule has 1 aliphatic carbocycles. The zero-order chi connectivity index (χ0) is 21.4. The number of aryl methyl sites for hydroxylation is 2. The molecule has 0 aromatic carbocycles. The van der Waals surface area contributed by atoms with Crippen molar-refractivity contribution in [3.05, 3.63) is 44.3 Å². The fraction of sp³-hybridized carbons (Fsp3) is 0.429. The van der Waals surface area contributed by atoms with E-state index in [2.05, 4.69) is 10.3 Å². The Morgan fingerprint density at radius 3 is 2.80 bits per heavy atom. The average molecular weight is 463 g/mol. The van der Waals surface area contributed by atoms with Crippen molar-refractivity contribution in [1.82, 2.24) is 14.5 Å². The van der Waals surface area contributed by atoms with Crippen molar-refractivity contribution in [3.8, 4) is 0 Å². The lowest BCUT2D eigenvalue weighted by molar-refractivity contribution is -0.115. The molecule has 0 spiro atoms. The van der Waals surface area contributed by atoms with Gasteiger partial charge in [-0.25, -0.2) is 9.97 Å². The molecule has 158 valence electrons. The summed E-state index contributed by atoms with van der Waals surface area (Å²) in [5.41, 5.74) is 1.49. The lowest BCUT2D eigenvalue weighted by atomic mass is 10.2. The van der Waals surface area contributed by atoms with Gasteiger partial charge in [-0.05, 0) is 51.3 Å². The van der Waals surface area contributed by atoms with Gasteiger partial charge in [0.05, 0.1) is 16.3 Å². The first kappa shape index (κ1) is 21.3. The van der Waals surface area contributed by atoms with Gasteiger partial charge in [0, 0.05) is 17.1 Å². The number of anilines is 1. The summed E-state index contributed by atoms with van der Waals surface area (Å²) < 4.78 is 1.83. The number of nitrogens with one attached hydrogen (secondary N) is 1. The SMILES string of the molecule is Cc1sc2nc(SC(C)C(=O)Nc3cccnc3Cl)n(C3CCCC3)c(=O)c2c1C. The van der Waals surface area contributed by atoms with Crippen molar-refractivity contribution >= 4 is 56.5 Å². The zero-order valence-corrected chi connectivity index (χ0v) is 19.5. The standard InChI is InChI=1S/C21H23ClN4O2S2/c1-11-12(2)29-19-16(11)20(28)26(14-7-4-5-8-14)21(25-19)30-13(3)18(27)24-15-9-6-10-23-17(15)22/h6,9-10,13-14H,4-5,7-8H2,1-3H3,(H,24,27). The molecule has 0 radical (unpaired) electrons. The molecule has 1 amide bonds. The van der Waals surface area contributed by atoms with Crippen LogP contribution in [0.15, 0.2) is 28.3 Å². The third-order valence-corrected chi connectivity index (χ3v) is 8.03. The highest BCUT2D eigenvalue weighted by atomic mass is 35.5. The van der Waals surface area contributed by atoms with Crippen molar-refractivity contribution in [2.75, 3.05) is 5.32 Å². The molecular formula is C21H23ClN4O2S2. The lowest BCUT2D eigenvalue weighted by Gasteiger charge is -2.20. The minimum atomic E-state index is -0.458. The Morgan fingerprint density at radius 2 is 2.10 bits per heavy atom. The summed E-state index contributed by atoms with van der Waals surface area (Å²) in [6, 6.07) is 3.56. The number of pyridine rings is 1. The van der Waals surface area contributed by atoms with E-state index >= 15 is 0 Å². The maximum atomic E-state index is 13.4. The Bertz CT molecular complexity index is 1170. The molecule has 1 fully saturated rings. The maximum Gasteiger partial charge on any atom is 0.263 e. The zero-order valence-electron chi connectivity index (χ0n) is 17.1. The normalized spacial score (nSPS) is 15.6. The predicted molar refractivity (Wildman–Crippen MR) is 124 cm³/mol. The molecule has 0 bridgehead atoms. The van der Waals surface area contributed by atoms with Crippen molar-refractivity contribution in [3.63, 3.8) is 0 Å². The van der Waals surface area contributed by atoms with Crippen LogP contribution in [0.2, 0.25) is 5.15 Å². The average Bonchev–Trinajstić information content (AvgIpc) is 3.32. The molecule has 3 aromatic rings. The van der Waals surface area contributed by atoms with Crippen molar-refractivity contribution in [1.29, 1.82) is 0 Å². The number of amides is 1. The summed E-state index contributed by atoms with van der Waals surface area (Å²) in [6.45, 7) is 5.81. The van der Waals surface area contributed by atoms with Gasteiger partial charge in [0.25, 0.3) is 5.56 Å². The second-order valence-corrected chi connectivity index (χ2v) is 10.4. The van der Waals surface area contributed by atoms with E-state index in [1.165, 1.54) is 23.1 Å². The minimum Gasteiger partial charge on any atom is -0.322 e. The third kappa shape index (κ3) is 4.00. The molecule has 6 nitrogen and oxygen atoms in total. The number of thiophene rings is 1. The molecular weight excluding hydrogens is 440 g/mol. The smallest absolute Gasteiger partial charge is 0.263 e. The van der Waals surface area contributed by atoms with Crippen LogP contribution in [0.5, 0.6) is 0 Å². The molecule has 1 saturated carbocycles. The van der Waals surface area contributed by atoms with E-state index in [1.54, 1.807) is 18.3 Å². The van der Waals surface area contributed by atoms with E-state index in [0.717, 1.165) is 41.0 Å². The number of nitrogens with zero attached hydrogens (tertiary/aromatic N) is 3. The Morgan fingerprint density at radius 1 is 1.37 bits per heavy atom. The summed E-state index contributed by atoms with van der Waals surface area (Å²) in [6.07, 6.45) is 5.72. The molecule has 1 unspecified atom stereocenters. The van der Waals surface area contributed by atoms with Gasteiger partial charge < -0.3 is 5.32 Å². The predicted octanol–water partition coefficient (Wildman–Crippen LogP) is 5.36. The molecule has 3 heterocycles. The topological polar surface area (TPSA) is 76.9 Å². The third-order valence-electron chi connectivity index (χ3n) is 5.56. The number of carbonyl (C=O) groups excluding carboxylic acids is 1. The van der Waals surface area contributed by atoms with E-state index < -0.39 is 5.25 Å². The summed E-state index contributed by atoms with van der Waals surface area (Å²) in [5, 5.41) is 3.93. The van der Waals surface area contributed by atoms with Gasteiger partial charge in [-0.1, -0.05) is 36.2 Å². The van der Waals surface area contributed by atoms with Crippen LogP contribution in [0.4, 0.5) is 5.69 Å². The molecule has 30 heavy (non-hydrogen) atoms. The Labute approximate surface area is 188 Å². The Balaban J connectivity index is 1.69. The van der Waals surface area contributed by atoms with Gasteiger partial charge in [-0.15, -0.1) is 11.3 Å². The van der Waals surface area contributed by atoms with Crippen LogP contribution in [0, 0.1) is 13.8 Å². The van der Waals surface area contributed by atoms with Crippen LogP contribution in [0.3, 0.4) is 0 Å². The van der Waals surface area contributed by atoms with Crippen LogP contribution < -0.4 is 10.9 Å². The van der Waals surface area contributed by atoms with Gasteiger partial charge in [0.2, 0.25) is 5.91 Å². The van der Waals surface area contributed by atoms with Crippen LogP contribution in [0.25, 0.3) is 10.2 Å². The van der Waals surface area contributed by atoms with E-state index in [0.29, 0.717) is 16.2 Å². The number of halogens is 1. The fourth-order valence-electron chi connectivity index (χ4n) is 3.78. The summed E-state index contributed by atoms with van der Waals surface area (Å²) in [5.74, 6) is -0.208. The number of hydrogen-bond acceptors (Lipinski definition) is 6. The van der Waals surface area contributed by atoms with Gasteiger partial charge >= 0.3 is 0 Å². The molecule has 4 rings (SSSR count). The molecule has 9 heteroatoms. The first-order valence-electron chi connectivity index (χ1n) is 9.97. The van der Waals surface area contributed by atoms with Crippen molar-refractivity contribution < 1.29 is 4.79 Å². The number of aromatic nitrogens is 3. The molecule has 1 atom stereocenters. The van der Waals surface area contributed by atoms with E-state index in [4.69, 9.17) is 16.6 Å². The molecule has 0 aliphatic heterocycles.